The Balaban J connectivity index is 2.16. The molecule has 9 heteroatoms. The van der Waals surface area contributed by atoms with Crippen LogP contribution in [0.15, 0.2) is 42.6 Å². The summed E-state index contributed by atoms with van der Waals surface area (Å²) in [6, 6.07) is 7.39. The van der Waals surface area contributed by atoms with Crippen molar-refractivity contribution in [3.8, 4) is 0 Å². The van der Waals surface area contributed by atoms with Crippen LogP contribution in [0.25, 0.3) is 0 Å². The molecule has 23 heavy (non-hydrogen) atoms. The van der Waals surface area contributed by atoms with E-state index in [0.717, 1.165) is 6.07 Å². The molecule has 0 fully saturated rings. The van der Waals surface area contributed by atoms with E-state index in [1.54, 1.807) is 12.1 Å². The molecule has 120 valence electrons. The lowest BCUT2D eigenvalue weighted by molar-refractivity contribution is -0.137. The minimum absolute atomic E-state index is 0.0970. The van der Waals surface area contributed by atoms with Crippen LogP contribution in [-0.2, 0) is 15.8 Å². The van der Waals surface area contributed by atoms with Gasteiger partial charge in [0.25, 0.3) is 0 Å². The fourth-order valence-electron chi connectivity index (χ4n) is 1.65. The zero-order valence-corrected chi connectivity index (χ0v) is 12.1. The maximum atomic E-state index is 12.9. The molecule has 0 aliphatic carbocycles. The molecule has 2 rings (SSSR count). The number of nitrogens with one attached hydrogen (secondary N) is 2. The van der Waals surface area contributed by atoms with Gasteiger partial charge in [-0.1, -0.05) is 17.7 Å². The van der Waals surface area contributed by atoms with Gasteiger partial charge in [0.2, 0.25) is 0 Å². The number of nitrogens with zero attached hydrogens (tertiary/aromatic N) is 1. The lowest BCUT2D eigenvalue weighted by Gasteiger charge is -2.14. The molecule has 2 aromatic rings. The molecule has 2 N–H and O–H groups in total. The Bertz CT molecular complexity index is 736. The summed E-state index contributed by atoms with van der Waals surface area (Å²) in [7, 11) is 0. The first kappa shape index (κ1) is 16.8. The summed E-state index contributed by atoms with van der Waals surface area (Å²) in [6.45, 7) is 0. The number of pyridine rings is 1. The van der Waals surface area contributed by atoms with Gasteiger partial charge in [0.15, 0.2) is 0 Å². The van der Waals surface area contributed by atoms with Crippen molar-refractivity contribution in [1.29, 1.82) is 0 Å². The molecule has 0 spiro atoms. The van der Waals surface area contributed by atoms with Crippen molar-refractivity contribution in [2.75, 3.05) is 10.6 Å². The molecule has 1 aromatic carbocycles. The number of benzene rings is 1. The molecule has 0 bridgehead atoms. The predicted molar refractivity (Wildman–Crippen MR) is 78.0 cm³/mol. The Morgan fingerprint density at radius 3 is 2.35 bits per heavy atom. The molecule has 0 unspecified atom stereocenters. The van der Waals surface area contributed by atoms with E-state index in [4.69, 9.17) is 11.6 Å². The molecule has 2 amide bonds. The third-order valence-electron chi connectivity index (χ3n) is 2.65. The van der Waals surface area contributed by atoms with Gasteiger partial charge in [0.05, 0.1) is 11.3 Å². The van der Waals surface area contributed by atoms with Crippen molar-refractivity contribution in [1.82, 2.24) is 4.98 Å². The number of carbonyl (C=O) groups excluding carboxylic acids is 2. The number of aromatic nitrogens is 1. The van der Waals surface area contributed by atoms with Crippen LogP contribution in [0.1, 0.15) is 5.56 Å². The van der Waals surface area contributed by atoms with E-state index in [1.807, 2.05) is 5.32 Å². The molecular formula is C14H9ClF3N3O2. The number of hydrogen-bond acceptors (Lipinski definition) is 3. The standard InChI is InChI=1S/C14H9ClF3N3O2/c15-8-4-5-10(9(7-8)14(16,17)18)20-12(22)13(23)21-11-3-1-2-6-19-11/h1-7H,(H,20,22)(H,19,21,23). The lowest BCUT2D eigenvalue weighted by Crippen LogP contribution is -2.30. The first-order valence-corrected chi connectivity index (χ1v) is 6.55. The first-order valence-electron chi connectivity index (χ1n) is 6.17. The zero-order valence-electron chi connectivity index (χ0n) is 11.3. The third kappa shape index (κ3) is 4.43. The Labute approximate surface area is 133 Å². The van der Waals surface area contributed by atoms with Crippen LogP contribution in [0, 0.1) is 0 Å². The van der Waals surface area contributed by atoms with E-state index in [-0.39, 0.29) is 10.8 Å². The van der Waals surface area contributed by atoms with Crippen LogP contribution in [0.3, 0.4) is 0 Å². The van der Waals surface area contributed by atoms with E-state index in [1.165, 1.54) is 18.3 Å². The highest BCUT2D eigenvalue weighted by Crippen LogP contribution is 2.36. The Morgan fingerprint density at radius 2 is 1.74 bits per heavy atom. The Hall–Kier alpha value is -2.61. The van der Waals surface area contributed by atoms with Gasteiger partial charge in [-0.15, -0.1) is 0 Å². The van der Waals surface area contributed by atoms with Gasteiger partial charge in [-0.3, -0.25) is 9.59 Å². The minimum Gasteiger partial charge on any atom is -0.317 e. The average molecular weight is 344 g/mol. The van der Waals surface area contributed by atoms with Crippen molar-refractivity contribution in [2.45, 2.75) is 6.18 Å². The van der Waals surface area contributed by atoms with Gasteiger partial charge in [-0.25, -0.2) is 4.98 Å². The molecule has 5 nitrogen and oxygen atoms in total. The normalized spacial score (nSPS) is 11.0. The molecule has 0 saturated heterocycles. The highest BCUT2D eigenvalue weighted by Gasteiger charge is 2.34. The van der Waals surface area contributed by atoms with Crippen LogP contribution < -0.4 is 10.6 Å². The summed E-state index contributed by atoms with van der Waals surface area (Å²) in [6.07, 6.45) is -3.35. The minimum atomic E-state index is -4.73. The highest BCUT2D eigenvalue weighted by molar-refractivity contribution is 6.43. The molecule has 1 heterocycles. The number of anilines is 2. The lowest BCUT2D eigenvalue weighted by atomic mass is 10.1. The van der Waals surface area contributed by atoms with Crippen LogP contribution >= 0.6 is 11.6 Å². The Kier molecular flexibility index (Phi) is 4.85. The summed E-state index contributed by atoms with van der Waals surface area (Å²) >= 11 is 5.53. The van der Waals surface area contributed by atoms with Crippen LogP contribution in [0.2, 0.25) is 5.02 Å². The molecule has 0 radical (unpaired) electrons. The SMILES string of the molecule is O=C(Nc1ccccn1)C(=O)Nc1ccc(Cl)cc1C(F)(F)F. The zero-order chi connectivity index (χ0) is 17.0. The second-order valence-corrected chi connectivity index (χ2v) is 4.75. The number of hydrogen-bond donors (Lipinski definition) is 2. The monoisotopic (exact) mass is 343 g/mol. The van der Waals surface area contributed by atoms with E-state index in [2.05, 4.69) is 10.3 Å². The fourth-order valence-corrected chi connectivity index (χ4v) is 1.82. The van der Waals surface area contributed by atoms with Gasteiger partial charge in [0.1, 0.15) is 5.82 Å². The predicted octanol–water partition coefficient (Wildman–Crippen LogP) is 3.33. The topological polar surface area (TPSA) is 71.1 Å². The van der Waals surface area contributed by atoms with Crippen LogP contribution in [0.5, 0.6) is 0 Å². The maximum absolute atomic E-state index is 12.9. The number of rotatable bonds is 2. The van der Waals surface area contributed by atoms with Gasteiger partial charge in [-0.05, 0) is 30.3 Å². The molecular weight excluding hydrogens is 335 g/mol. The van der Waals surface area contributed by atoms with Crippen LogP contribution in [0.4, 0.5) is 24.7 Å². The molecule has 0 atom stereocenters. The van der Waals surface area contributed by atoms with E-state index >= 15 is 0 Å². The number of amides is 2. The fraction of sp³-hybridized carbons (Fsp3) is 0.0714. The van der Waals surface area contributed by atoms with Crippen molar-refractivity contribution >= 4 is 34.9 Å². The summed E-state index contributed by atoms with van der Waals surface area (Å²) in [4.78, 5) is 27.2. The smallest absolute Gasteiger partial charge is 0.317 e. The third-order valence-corrected chi connectivity index (χ3v) is 2.88. The largest absolute Gasteiger partial charge is 0.418 e. The van der Waals surface area contributed by atoms with Crippen molar-refractivity contribution in [3.05, 3.63) is 53.2 Å². The van der Waals surface area contributed by atoms with Gasteiger partial charge in [-0.2, -0.15) is 13.2 Å². The van der Waals surface area contributed by atoms with Crippen molar-refractivity contribution in [2.24, 2.45) is 0 Å². The molecule has 0 aliphatic heterocycles. The Morgan fingerprint density at radius 1 is 1.04 bits per heavy atom. The van der Waals surface area contributed by atoms with E-state index < -0.39 is 29.2 Å². The highest BCUT2D eigenvalue weighted by atomic mass is 35.5. The maximum Gasteiger partial charge on any atom is 0.418 e. The summed E-state index contributed by atoms with van der Waals surface area (Å²) in [5, 5.41) is 3.92. The van der Waals surface area contributed by atoms with E-state index in [9.17, 15) is 22.8 Å². The average Bonchev–Trinajstić information content (AvgIpc) is 2.49. The number of carbonyl (C=O) groups is 2. The van der Waals surface area contributed by atoms with Crippen LogP contribution in [-0.4, -0.2) is 16.8 Å². The summed E-state index contributed by atoms with van der Waals surface area (Å²) in [5.74, 6) is -2.31. The molecule has 0 saturated carbocycles. The van der Waals surface area contributed by atoms with Crippen molar-refractivity contribution in [3.63, 3.8) is 0 Å². The van der Waals surface area contributed by atoms with Gasteiger partial charge < -0.3 is 10.6 Å². The number of alkyl halides is 3. The van der Waals surface area contributed by atoms with Crippen molar-refractivity contribution < 1.29 is 22.8 Å². The van der Waals surface area contributed by atoms with Gasteiger partial charge >= 0.3 is 18.0 Å². The quantitative estimate of drug-likeness (QED) is 0.822. The number of halogens is 4. The molecule has 1 aromatic heterocycles. The molecule has 0 aliphatic rings. The van der Waals surface area contributed by atoms with E-state index in [0.29, 0.717) is 6.07 Å². The second-order valence-electron chi connectivity index (χ2n) is 4.31. The summed E-state index contributed by atoms with van der Waals surface area (Å²) < 4.78 is 38.7. The second kappa shape index (κ2) is 6.66. The summed E-state index contributed by atoms with van der Waals surface area (Å²) in [5.41, 5.74) is -1.72. The van der Waals surface area contributed by atoms with Gasteiger partial charge in [0, 0.05) is 11.2 Å². The first-order chi connectivity index (χ1) is 10.8.